The van der Waals surface area contributed by atoms with Gasteiger partial charge in [0.1, 0.15) is 36.3 Å². The van der Waals surface area contributed by atoms with Gasteiger partial charge in [0, 0.05) is 6.42 Å². The lowest BCUT2D eigenvalue weighted by atomic mass is 9.97. The van der Waals surface area contributed by atoms with E-state index in [4.69, 9.17) is 4.74 Å². The van der Waals surface area contributed by atoms with Gasteiger partial charge >= 0.3 is 5.97 Å². The topological polar surface area (TPSA) is 212 Å². The highest BCUT2D eigenvalue weighted by molar-refractivity contribution is 5.96. The molecule has 1 aliphatic rings. The lowest BCUT2D eigenvalue weighted by Gasteiger charge is -2.29. The molecule has 292 valence electrons. The number of benzene rings is 1. The first kappa shape index (κ1) is 44.1. The Hall–Kier alpha value is -4.04. The molecule has 2 rings (SSSR count). The second-order valence-corrected chi connectivity index (χ2v) is 14.3. The molecular formula is C38H61N5O9. The first-order valence-corrected chi connectivity index (χ1v) is 18.7. The fourth-order valence-corrected chi connectivity index (χ4v) is 5.95. The van der Waals surface area contributed by atoms with Crippen molar-refractivity contribution in [2.24, 2.45) is 11.8 Å². The Bertz CT molecular complexity index is 1310. The van der Waals surface area contributed by atoms with Crippen molar-refractivity contribution in [1.82, 2.24) is 26.6 Å². The molecule has 1 saturated heterocycles. The van der Waals surface area contributed by atoms with Gasteiger partial charge in [-0.05, 0) is 43.6 Å². The molecule has 1 heterocycles. The van der Waals surface area contributed by atoms with E-state index in [1.165, 1.54) is 6.92 Å². The molecule has 5 amide bonds. The Morgan fingerprint density at radius 2 is 1.33 bits per heavy atom. The predicted octanol–water partition coefficient (Wildman–Crippen LogP) is 1.79. The summed E-state index contributed by atoms with van der Waals surface area (Å²) in [6.45, 7) is 9.86. The van der Waals surface area contributed by atoms with Crippen molar-refractivity contribution in [3.63, 3.8) is 0 Å². The van der Waals surface area contributed by atoms with Crippen molar-refractivity contribution in [3.05, 3.63) is 35.9 Å². The van der Waals surface area contributed by atoms with E-state index in [-0.39, 0.29) is 25.2 Å². The van der Waals surface area contributed by atoms with Crippen LogP contribution >= 0.6 is 0 Å². The molecule has 0 aliphatic carbocycles. The van der Waals surface area contributed by atoms with Gasteiger partial charge in [0.05, 0.1) is 19.1 Å². The van der Waals surface area contributed by atoms with Crippen LogP contribution in [0.15, 0.2) is 30.3 Å². The number of carbonyl (C=O) groups excluding carboxylic acids is 6. The molecule has 1 aliphatic heterocycles. The molecule has 0 aromatic heterocycles. The zero-order valence-corrected chi connectivity index (χ0v) is 31.6. The molecule has 52 heavy (non-hydrogen) atoms. The normalized spacial score (nSPS) is 25.6. The highest BCUT2D eigenvalue weighted by Crippen LogP contribution is 2.18. The monoisotopic (exact) mass is 731 g/mol. The minimum Gasteiger partial charge on any atom is -0.460 e. The molecule has 0 unspecified atom stereocenters. The molecule has 0 bridgehead atoms. The Kier molecular flexibility index (Phi) is 19.3. The zero-order chi connectivity index (χ0) is 38.8. The lowest BCUT2D eigenvalue weighted by molar-refractivity contribution is -0.156. The molecule has 1 aromatic carbocycles. The summed E-state index contributed by atoms with van der Waals surface area (Å²) in [5.41, 5.74) is 0.690. The molecular weight excluding hydrogens is 670 g/mol. The third kappa shape index (κ3) is 14.9. The van der Waals surface area contributed by atoms with Gasteiger partial charge in [0.2, 0.25) is 29.5 Å². The van der Waals surface area contributed by atoms with Crippen molar-refractivity contribution in [2.75, 3.05) is 6.61 Å². The van der Waals surface area contributed by atoms with Crippen LogP contribution in [0.5, 0.6) is 0 Å². The SMILES string of the molecule is CCCCCCC[C@@H]1CC(=O)N[C@H](CC(C)C)C(=O)N[C@@H](CO)C(=O)N[C@@H]([C@@H](C)O)C(=O)N[C@H](Cc2ccccc2)C(=O)N[C@@H]([C@H](C)CC)C(=O)O1. The van der Waals surface area contributed by atoms with E-state index in [0.717, 1.165) is 25.7 Å². The smallest absolute Gasteiger partial charge is 0.329 e. The first-order valence-electron chi connectivity index (χ1n) is 18.7. The van der Waals surface area contributed by atoms with E-state index < -0.39 is 90.4 Å². The van der Waals surface area contributed by atoms with Gasteiger partial charge in [-0.1, -0.05) is 97.1 Å². The van der Waals surface area contributed by atoms with E-state index in [2.05, 4.69) is 33.5 Å². The van der Waals surface area contributed by atoms with Crippen molar-refractivity contribution < 1.29 is 43.7 Å². The van der Waals surface area contributed by atoms with Crippen molar-refractivity contribution in [3.8, 4) is 0 Å². The molecule has 7 N–H and O–H groups in total. The largest absolute Gasteiger partial charge is 0.460 e. The highest BCUT2D eigenvalue weighted by Gasteiger charge is 2.36. The summed E-state index contributed by atoms with van der Waals surface area (Å²) in [7, 11) is 0. The van der Waals surface area contributed by atoms with Gasteiger partial charge in [-0.15, -0.1) is 0 Å². The number of carbonyl (C=O) groups is 6. The Morgan fingerprint density at radius 1 is 0.731 bits per heavy atom. The van der Waals surface area contributed by atoms with E-state index in [9.17, 15) is 39.0 Å². The third-order valence-corrected chi connectivity index (χ3v) is 9.24. The van der Waals surface area contributed by atoms with E-state index in [1.807, 2.05) is 20.8 Å². The summed E-state index contributed by atoms with van der Waals surface area (Å²) in [4.78, 5) is 81.7. The third-order valence-electron chi connectivity index (χ3n) is 9.24. The molecule has 0 radical (unpaired) electrons. The van der Waals surface area contributed by atoms with Crippen molar-refractivity contribution in [2.45, 2.75) is 148 Å². The van der Waals surface area contributed by atoms with Crippen LogP contribution < -0.4 is 26.6 Å². The fraction of sp³-hybridized carbons (Fsp3) is 0.684. The molecule has 1 aromatic rings. The maximum absolute atomic E-state index is 14.0. The second kappa shape index (κ2) is 22.8. The molecule has 14 heteroatoms. The van der Waals surface area contributed by atoms with Crippen LogP contribution in [0.25, 0.3) is 0 Å². The summed E-state index contributed by atoms with van der Waals surface area (Å²) in [5.74, 6) is -5.04. The number of aliphatic hydroxyl groups is 2. The summed E-state index contributed by atoms with van der Waals surface area (Å²) in [6.07, 6.45) is 3.15. The van der Waals surface area contributed by atoms with E-state index >= 15 is 0 Å². The van der Waals surface area contributed by atoms with Gasteiger partial charge in [-0.2, -0.15) is 0 Å². The van der Waals surface area contributed by atoms with Gasteiger partial charge in [-0.25, -0.2) is 4.79 Å². The zero-order valence-electron chi connectivity index (χ0n) is 31.6. The summed E-state index contributed by atoms with van der Waals surface area (Å²) in [6, 6.07) is 2.26. The van der Waals surface area contributed by atoms with Crippen molar-refractivity contribution in [1.29, 1.82) is 0 Å². The average Bonchev–Trinajstić information content (AvgIpc) is 3.09. The molecule has 8 atom stereocenters. The Labute approximate surface area is 308 Å². The number of amides is 5. The quantitative estimate of drug-likeness (QED) is 0.110. The van der Waals surface area contributed by atoms with Crippen molar-refractivity contribution >= 4 is 35.5 Å². The maximum atomic E-state index is 14.0. The number of hydrogen-bond donors (Lipinski definition) is 7. The van der Waals surface area contributed by atoms with Crippen LogP contribution in [0.3, 0.4) is 0 Å². The van der Waals surface area contributed by atoms with Crippen LogP contribution in [0.1, 0.15) is 105 Å². The lowest BCUT2D eigenvalue weighted by Crippen LogP contribution is -2.62. The van der Waals surface area contributed by atoms with Crippen LogP contribution in [0, 0.1) is 11.8 Å². The van der Waals surface area contributed by atoms with Gasteiger partial charge in [0.15, 0.2) is 0 Å². The van der Waals surface area contributed by atoms with Gasteiger partial charge in [-0.3, -0.25) is 24.0 Å². The number of hydrogen-bond acceptors (Lipinski definition) is 9. The number of esters is 1. The second-order valence-electron chi connectivity index (χ2n) is 14.3. The number of ether oxygens (including phenoxy) is 1. The first-order chi connectivity index (χ1) is 24.7. The minimum atomic E-state index is -1.59. The molecule has 0 spiro atoms. The summed E-state index contributed by atoms with van der Waals surface area (Å²) >= 11 is 0. The summed E-state index contributed by atoms with van der Waals surface area (Å²) in [5, 5.41) is 33.6. The molecule has 14 nitrogen and oxygen atoms in total. The van der Waals surface area contributed by atoms with Crippen LogP contribution in [0.2, 0.25) is 0 Å². The van der Waals surface area contributed by atoms with Crippen LogP contribution in [0.4, 0.5) is 0 Å². The highest BCUT2D eigenvalue weighted by atomic mass is 16.5. The molecule has 0 saturated carbocycles. The number of unbranched alkanes of at least 4 members (excludes halogenated alkanes) is 4. The predicted molar refractivity (Wildman–Crippen MR) is 195 cm³/mol. The average molecular weight is 732 g/mol. The number of nitrogens with one attached hydrogen (secondary N) is 5. The van der Waals surface area contributed by atoms with E-state index in [0.29, 0.717) is 24.8 Å². The number of aliphatic hydroxyl groups excluding tert-OH is 2. The maximum Gasteiger partial charge on any atom is 0.329 e. The van der Waals surface area contributed by atoms with E-state index in [1.54, 1.807) is 37.3 Å². The Balaban J connectivity index is 2.60. The standard InChI is InChI=1S/C38H61N5O9/c1-7-9-10-11-15-18-27-21-31(46)39-28(19-23(3)4)34(47)41-30(22-44)36(49)43-33(25(6)45)37(50)40-29(20-26-16-13-12-14-17-26)35(48)42-32(24(5)8-2)38(51)52-27/h12-14,16-17,23-25,27-30,32-33,44-45H,7-11,15,18-22H2,1-6H3,(H,39,46)(H,40,50)(H,41,47)(H,42,48)(H,43,49)/t24-,25-,27-,28-,29-,30+,32+,33+/m1/s1. The fourth-order valence-electron chi connectivity index (χ4n) is 5.95. The Morgan fingerprint density at radius 3 is 1.92 bits per heavy atom. The van der Waals surface area contributed by atoms with Gasteiger partial charge in [0.25, 0.3) is 0 Å². The minimum absolute atomic E-state index is 0.00822. The molecule has 1 fully saturated rings. The van der Waals surface area contributed by atoms with Crippen LogP contribution in [-0.2, 0) is 39.9 Å². The number of rotatable bonds is 14. The van der Waals surface area contributed by atoms with Gasteiger partial charge < -0.3 is 41.5 Å². The number of cyclic esters (lactones) is 1. The summed E-state index contributed by atoms with van der Waals surface area (Å²) < 4.78 is 5.97. The van der Waals surface area contributed by atoms with Crippen LogP contribution in [-0.4, -0.2) is 94.7 Å².